The van der Waals surface area contributed by atoms with Gasteiger partial charge in [0.05, 0.1) is 11.4 Å². The second-order valence-corrected chi connectivity index (χ2v) is 5.88. The van der Waals surface area contributed by atoms with Crippen LogP contribution in [0.4, 0.5) is 11.6 Å². The average molecular weight is 326 g/mol. The molecule has 0 atom stereocenters. The first kappa shape index (κ1) is 15.7. The summed E-state index contributed by atoms with van der Waals surface area (Å²) < 4.78 is 1.37. The predicted octanol–water partition coefficient (Wildman–Crippen LogP) is 1.85. The Hall–Kier alpha value is -3.16. The smallest absolute Gasteiger partial charge is 0.275 e. The lowest BCUT2D eigenvalue weighted by molar-refractivity contribution is 0.100. The van der Waals surface area contributed by atoms with Gasteiger partial charge in [0, 0.05) is 22.7 Å². The minimum atomic E-state index is -0.582. The van der Waals surface area contributed by atoms with Gasteiger partial charge in [0.15, 0.2) is 11.6 Å². The maximum absolute atomic E-state index is 12.7. The van der Waals surface area contributed by atoms with Crippen molar-refractivity contribution in [2.75, 3.05) is 5.32 Å². The fourth-order valence-corrected chi connectivity index (χ4v) is 2.46. The summed E-state index contributed by atoms with van der Waals surface area (Å²) >= 11 is 0. The second-order valence-electron chi connectivity index (χ2n) is 5.88. The highest BCUT2D eigenvalue weighted by molar-refractivity contribution is 6.00. The highest BCUT2D eigenvalue weighted by Gasteiger charge is 2.15. The van der Waals surface area contributed by atoms with Crippen molar-refractivity contribution in [1.29, 1.82) is 0 Å². The van der Waals surface area contributed by atoms with Gasteiger partial charge in [-0.1, -0.05) is 0 Å². The molecule has 0 radical (unpaired) electrons. The van der Waals surface area contributed by atoms with Gasteiger partial charge in [-0.3, -0.25) is 14.7 Å². The van der Waals surface area contributed by atoms with E-state index in [4.69, 9.17) is 5.73 Å². The van der Waals surface area contributed by atoms with Crippen molar-refractivity contribution in [2.24, 2.45) is 5.73 Å². The first-order chi connectivity index (χ1) is 11.4. The zero-order valence-corrected chi connectivity index (χ0v) is 13.6. The zero-order valence-electron chi connectivity index (χ0n) is 13.6. The van der Waals surface area contributed by atoms with E-state index in [1.807, 2.05) is 26.8 Å². The Balaban J connectivity index is 2.25. The fourth-order valence-electron chi connectivity index (χ4n) is 2.46. The van der Waals surface area contributed by atoms with Crippen LogP contribution in [0.1, 0.15) is 35.9 Å². The number of benzene rings is 1. The van der Waals surface area contributed by atoms with Crippen LogP contribution in [-0.2, 0) is 0 Å². The molecule has 1 aromatic carbocycles. The lowest BCUT2D eigenvalue weighted by Crippen LogP contribution is -2.26. The number of carbonyl (C=O) groups is 1. The third-order valence-corrected chi connectivity index (χ3v) is 3.65. The SMILES string of the molecule is Cc1cc(Nc2nn(C(C)C)c(=O)c3cc(C(N)=O)ccc23)n[nH]1. The molecule has 8 nitrogen and oxygen atoms in total. The molecule has 0 saturated heterocycles. The number of aromatic amines is 1. The largest absolute Gasteiger partial charge is 0.366 e. The lowest BCUT2D eigenvalue weighted by atomic mass is 10.1. The summed E-state index contributed by atoms with van der Waals surface area (Å²) in [7, 11) is 0. The molecule has 2 aromatic heterocycles. The summed E-state index contributed by atoms with van der Waals surface area (Å²) in [5, 5.41) is 15.5. The zero-order chi connectivity index (χ0) is 17.4. The summed E-state index contributed by atoms with van der Waals surface area (Å²) in [6.45, 7) is 5.61. The van der Waals surface area contributed by atoms with Crippen LogP contribution in [0.15, 0.2) is 29.1 Å². The molecule has 4 N–H and O–H groups in total. The molecule has 124 valence electrons. The Morgan fingerprint density at radius 3 is 2.62 bits per heavy atom. The summed E-state index contributed by atoms with van der Waals surface area (Å²) in [6, 6.07) is 6.43. The highest BCUT2D eigenvalue weighted by atomic mass is 16.1. The second kappa shape index (κ2) is 5.80. The topological polar surface area (TPSA) is 119 Å². The van der Waals surface area contributed by atoms with Gasteiger partial charge in [-0.2, -0.15) is 10.2 Å². The lowest BCUT2D eigenvalue weighted by Gasteiger charge is -2.14. The van der Waals surface area contributed by atoms with E-state index < -0.39 is 5.91 Å². The minimum absolute atomic E-state index is 0.138. The molecule has 0 unspecified atom stereocenters. The van der Waals surface area contributed by atoms with Crippen LogP contribution in [0.5, 0.6) is 0 Å². The molecule has 0 aliphatic carbocycles. The van der Waals surface area contributed by atoms with Gasteiger partial charge in [0.2, 0.25) is 5.91 Å². The maximum Gasteiger partial charge on any atom is 0.275 e. The molecule has 3 aromatic rings. The van der Waals surface area contributed by atoms with E-state index in [9.17, 15) is 9.59 Å². The van der Waals surface area contributed by atoms with Crippen molar-refractivity contribution >= 4 is 28.3 Å². The molecule has 1 amide bonds. The van der Waals surface area contributed by atoms with Crippen molar-refractivity contribution in [3.05, 3.63) is 45.9 Å². The molecule has 0 saturated carbocycles. The van der Waals surface area contributed by atoms with Crippen LogP contribution in [0.25, 0.3) is 10.8 Å². The standard InChI is InChI=1S/C16H18N6O2/c1-8(2)22-16(24)12-7-10(14(17)23)4-5-11(12)15(21-22)18-13-6-9(3)19-20-13/h4-8H,1-3H3,(H2,17,23)(H2,18,19,20,21). The van der Waals surface area contributed by atoms with E-state index in [0.29, 0.717) is 22.4 Å². The molecule has 3 rings (SSSR count). The number of anilines is 2. The normalized spacial score (nSPS) is 11.2. The van der Waals surface area contributed by atoms with E-state index in [-0.39, 0.29) is 17.2 Å². The van der Waals surface area contributed by atoms with Crippen LogP contribution < -0.4 is 16.6 Å². The number of carbonyl (C=O) groups excluding carboxylic acids is 1. The number of H-pyrrole nitrogens is 1. The number of primary amides is 1. The van der Waals surface area contributed by atoms with Gasteiger partial charge in [-0.25, -0.2) is 4.68 Å². The van der Waals surface area contributed by atoms with Gasteiger partial charge < -0.3 is 11.1 Å². The number of nitrogens with two attached hydrogens (primary N) is 1. The minimum Gasteiger partial charge on any atom is -0.366 e. The quantitative estimate of drug-likeness (QED) is 0.676. The number of rotatable bonds is 4. The summed E-state index contributed by atoms with van der Waals surface area (Å²) in [5.41, 5.74) is 6.23. The summed E-state index contributed by atoms with van der Waals surface area (Å²) in [5.74, 6) is 0.497. The molecular formula is C16H18N6O2. The monoisotopic (exact) mass is 326 g/mol. The Bertz CT molecular complexity index is 986. The number of hydrogen-bond acceptors (Lipinski definition) is 5. The Morgan fingerprint density at radius 1 is 1.29 bits per heavy atom. The van der Waals surface area contributed by atoms with Crippen molar-refractivity contribution < 1.29 is 4.79 Å². The number of amides is 1. The molecule has 24 heavy (non-hydrogen) atoms. The Morgan fingerprint density at radius 2 is 2.04 bits per heavy atom. The first-order valence-electron chi connectivity index (χ1n) is 7.52. The number of nitrogens with one attached hydrogen (secondary N) is 2. The van der Waals surface area contributed by atoms with Gasteiger partial charge >= 0.3 is 0 Å². The van der Waals surface area contributed by atoms with Crippen LogP contribution in [0.3, 0.4) is 0 Å². The van der Waals surface area contributed by atoms with Crippen LogP contribution >= 0.6 is 0 Å². The average Bonchev–Trinajstić information content (AvgIpc) is 2.94. The van der Waals surface area contributed by atoms with E-state index in [2.05, 4.69) is 20.6 Å². The highest BCUT2D eigenvalue weighted by Crippen LogP contribution is 2.23. The molecule has 0 aliphatic rings. The van der Waals surface area contributed by atoms with Gasteiger partial charge in [-0.05, 0) is 39.0 Å². The molecular weight excluding hydrogens is 308 g/mol. The van der Waals surface area contributed by atoms with Gasteiger partial charge in [-0.15, -0.1) is 0 Å². The number of fused-ring (bicyclic) bond motifs is 1. The van der Waals surface area contributed by atoms with Crippen LogP contribution in [0.2, 0.25) is 0 Å². The Labute approximate surface area is 137 Å². The summed E-state index contributed by atoms with van der Waals surface area (Å²) in [6.07, 6.45) is 0. The van der Waals surface area contributed by atoms with Crippen molar-refractivity contribution in [3.8, 4) is 0 Å². The van der Waals surface area contributed by atoms with Gasteiger partial charge in [0.25, 0.3) is 5.56 Å². The number of aromatic nitrogens is 4. The molecule has 0 aliphatic heterocycles. The number of aryl methyl sites for hydroxylation is 1. The molecule has 0 fully saturated rings. The Kier molecular flexibility index (Phi) is 3.80. The fraction of sp³-hybridized carbons (Fsp3) is 0.250. The third-order valence-electron chi connectivity index (χ3n) is 3.65. The van der Waals surface area contributed by atoms with Crippen LogP contribution in [0, 0.1) is 6.92 Å². The third kappa shape index (κ3) is 2.73. The molecule has 2 heterocycles. The van der Waals surface area contributed by atoms with Gasteiger partial charge in [0.1, 0.15) is 0 Å². The molecule has 8 heteroatoms. The van der Waals surface area contributed by atoms with Crippen LogP contribution in [-0.4, -0.2) is 25.9 Å². The number of nitrogens with zero attached hydrogens (tertiary/aromatic N) is 3. The molecule has 0 bridgehead atoms. The first-order valence-corrected chi connectivity index (χ1v) is 7.52. The van der Waals surface area contributed by atoms with E-state index in [0.717, 1.165) is 5.69 Å². The number of hydrogen-bond donors (Lipinski definition) is 3. The van der Waals surface area contributed by atoms with E-state index >= 15 is 0 Å². The maximum atomic E-state index is 12.7. The van der Waals surface area contributed by atoms with Crippen molar-refractivity contribution in [1.82, 2.24) is 20.0 Å². The molecule has 0 spiro atoms. The summed E-state index contributed by atoms with van der Waals surface area (Å²) in [4.78, 5) is 24.1. The van der Waals surface area contributed by atoms with Crippen molar-refractivity contribution in [3.63, 3.8) is 0 Å². The van der Waals surface area contributed by atoms with E-state index in [1.165, 1.54) is 10.7 Å². The van der Waals surface area contributed by atoms with E-state index in [1.54, 1.807) is 12.1 Å². The predicted molar refractivity (Wildman–Crippen MR) is 91.5 cm³/mol. The van der Waals surface area contributed by atoms with Crippen molar-refractivity contribution in [2.45, 2.75) is 26.8 Å².